The van der Waals surface area contributed by atoms with Crippen LogP contribution in [0.1, 0.15) is 23.1 Å². The van der Waals surface area contributed by atoms with Crippen LogP contribution in [0.2, 0.25) is 0 Å². The van der Waals surface area contributed by atoms with Crippen molar-refractivity contribution >= 4 is 50.2 Å². The zero-order valence-electron chi connectivity index (χ0n) is 17.7. The minimum absolute atomic E-state index is 0.271. The van der Waals surface area contributed by atoms with Gasteiger partial charge in [-0.2, -0.15) is 0 Å². The van der Waals surface area contributed by atoms with Crippen LogP contribution < -0.4 is 14.9 Å². The number of hydrogen-bond donors (Lipinski definition) is 2. The molecule has 9 heteroatoms. The lowest BCUT2D eigenvalue weighted by atomic mass is 10.0. The molecule has 0 radical (unpaired) electrons. The Morgan fingerprint density at radius 3 is 2.28 bits per heavy atom. The van der Waals surface area contributed by atoms with E-state index in [0.717, 1.165) is 23.1 Å². The first-order valence-corrected chi connectivity index (χ1v) is 12.5. The number of amides is 2. The number of benzene rings is 2. The molecule has 7 nitrogen and oxygen atoms in total. The number of carbonyl (C=O) groups excluding carboxylic acids is 2. The van der Waals surface area contributed by atoms with Gasteiger partial charge in [0.05, 0.1) is 5.69 Å². The summed E-state index contributed by atoms with van der Waals surface area (Å²) < 4.78 is 27.8. The molecule has 0 saturated heterocycles. The summed E-state index contributed by atoms with van der Waals surface area (Å²) in [5, 5.41) is 6.90. The molecule has 32 heavy (non-hydrogen) atoms. The number of rotatable bonds is 4. The molecule has 0 saturated carbocycles. The van der Waals surface area contributed by atoms with Gasteiger partial charge < -0.3 is 10.6 Å². The third-order valence-corrected chi connectivity index (χ3v) is 8.33. The molecule has 0 fully saturated rings. The van der Waals surface area contributed by atoms with Gasteiger partial charge >= 0.3 is 11.8 Å². The van der Waals surface area contributed by atoms with Gasteiger partial charge in [0.1, 0.15) is 4.21 Å². The van der Waals surface area contributed by atoms with Gasteiger partial charge in [0, 0.05) is 17.9 Å². The van der Waals surface area contributed by atoms with Gasteiger partial charge in [-0.15, -0.1) is 11.3 Å². The molecule has 1 aliphatic rings. The van der Waals surface area contributed by atoms with E-state index >= 15 is 0 Å². The van der Waals surface area contributed by atoms with Gasteiger partial charge in [-0.3, -0.25) is 13.9 Å². The highest BCUT2D eigenvalue weighted by atomic mass is 32.2. The predicted octanol–water partition coefficient (Wildman–Crippen LogP) is 4.08. The van der Waals surface area contributed by atoms with Crippen molar-refractivity contribution in [1.82, 2.24) is 0 Å². The fourth-order valence-corrected chi connectivity index (χ4v) is 6.45. The summed E-state index contributed by atoms with van der Waals surface area (Å²) in [5.41, 5.74) is 4.26. The molecule has 2 N–H and O–H groups in total. The van der Waals surface area contributed by atoms with Crippen molar-refractivity contribution in [3.63, 3.8) is 0 Å². The second-order valence-electron chi connectivity index (χ2n) is 7.74. The van der Waals surface area contributed by atoms with Gasteiger partial charge in [0.25, 0.3) is 10.0 Å². The van der Waals surface area contributed by atoms with Gasteiger partial charge in [-0.25, -0.2) is 8.42 Å². The molecule has 0 unspecified atom stereocenters. The van der Waals surface area contributed by atoms with Crippen LogP contribution in [0.15, 0.2) is 58.1 Å². The highest BCUT2D eigenvalue weighted by Crippen LogP contribution is 2.35. The van der Waals surface area contributed by atoms with E-state index in [1.54, 1.807) is 47.8 Å². The normalized spacial score (nSPS) is 13.4. The SMILES string of the molecule is Cc1cc(C)cc(NC(=O)C(=O)Nc2ccc3c(c2)N(S(=O)(=O)c2cccs2)CCC3)c1. The van der Waals surface area contributed by atoms with E-state index in [1.165, 1.54) is 15.6 Å². The molecule has 1 aromatic heterocycles. The van der Waals surface area contributed by atoms with E-state index in [2.05, 4.69) is 10.6 Å². The Morgan fingerprint density at radius 1 is 0.938 bits per heavy atom. The number of anilines is 3. The van der Waals surface area contributed by atoms with Crippen LogP contribution in [0, 0.1) is 13.8 Å². The fraction of sp³-hybridized carbons (Fsp3) is 0.217. The molecule has 166 valence electrons. The third kappa shape index (κ3) is 4.53. The molecule has 4 rings (SSSR count). The number of fused-ring (bicyclic) bond motifs is 1. The van der Waals surface area contributed by atoms with Crippen LogP contribution in [0.3, 0.4) is 0 Å². The number of sulfonamides is 1. The summed E-state index contributed by atoms with van der Waals surface area (Å²) in [7, 11) is -3.68. The largest absolute Gasteiger partial charge is 0.318 e. The van der Waals surface area contributed by atoms with E-state index in [0.29, 0.717) is 30.0 Å². The minimum atomic E-state index is -3.68. The van der Waals surface area contributed by atoms with Gasteiger partial charge in [-0.1, -0.05) is 18.2 Å². The molecule has 0 bridgehead atoms. The van der Waals surface area contributed by atoms with E-state index in [9.17, 15) is 18.0 Å². The molecule has 3 aromatic rings. The van der Waals surface area contributed by atoms with Crippen molar-refractivity contribution in [3.05, 3.63) is 70.6 Å². The maximum absolute atomic E-state index is 13.1. The highest BCUT2D eigenvalue weighted by Gasteiger charge is 2.30. The summed E-state index contributed by atoms with van der Waals surface area (Å²) in [5.74, 6) is -1.62. The zero-order chi connectivity index (χ0) is 22.9. The standard InChI is InChI=1S/C23H23N3O4S2/c1-15-11-16(2)13-19(12-15)25-23(28)22(27)24-18-8-7-17-5-3-9-26(20(17)14-18)32(29,30)21-6-4-10-31-21/h4,6-8,10-14H,3,5,9H2,1-2H3,(H,24,27)(H,25,28). The molecule has 2 aromatic carbocycles. The third-order valence-electron chi connectivity index (χ3n) is 5.14. The van der Waals surface area contributed by atoms with E-state index in [4.69, 9.17) is 0 Å². The lowest BCUT2D eigenvalue weighted by Crippen LogP contribution is -2.35. The Hall–Kier alpha value is -3.17. The quantitative estimate of drug-likeness (QED) is 0.563. The van der Waals surface area contributed by atoms with Crippen molar-refractivity contribution < 1.29 is 18.0 Å². The monoisotopic (exact) mass is 469 g/mol. The van der Waals surface area contributed by atoms with E-state index in [-0.39, 0.29) is 4.21 Å². The van der Waals surface area contributed by atoms with Crippen molar-refractivity contribution in [2.75, 3.05) is 21.5 Å². The van der Waals surface area contributed by atoms with Crippen LogP contribution in [-0.4, -0.2) is 26.8 Å². The minimum Gasteiger partial charge on any atom is -0.318 e. The van der Waals surface area contributed by atoms with Crippen LogP contribution in [0.5, 0.6) is 0 Å². The molecular weight excluding hydrogens is 446 g/mol. The maximum atomic E-state index is 13.1. The first-order chi connectivity index (χ1) is 15.2. The van der Waals surface area contributed by atoms with Crippen molar-refractivity contribution in [1.29, 1.82) is 0 Å². The van der Waals surface area contributed by atoms with Crippen LogP contribution in [0.25, 0.3) is 0 Å². The summed E-state index contributed by atoms with van der Waals surface area (Å²) >= 11 is 1.17. The molecule has 2 amide bonds. The summed E-state index contributed by atoms with van der Waals surface area (Å²) in [6, 6.07) is 13.9. The van der Waals surface area contributed by atoms with Crippen molar-refractivity contribution in [3.8, 4) is 0 Å². The average molecular weight is 470 g/mol. The van der Waals surface area contributed by atoms with Crippen LogP contribution in [0.4, 0.5) is 17.1 Å². The second-order valence-corrected chi connectivity index (χ2v) is 10.8. The van der Waals surface area contributed by atoms with Gasteiger partial charge in [0.2, 0.25) is 0 Å². The molecular formula is C23H23N3O4S2. The Labute approximate surface area is 191 Å². The highest BCUT2D eigenvalue weighted by molar-refractivity contribution is 7.94. The number of hydrogen-bond acceptors (Lipinski definition) is 5. The van der Waals surface area contributed by atoms with Gasteiger partial charge in [0.15, 0.2) is 0 Å². The van der Waals surface area contributed by atoms with Crippen molar-refractivity contribution in [2.24, 2.45) is 0 Å². The fourth-order valence-electron chi connectivity index (χ4n) is 3.81. The first kappa shape index (κ1) is 22.0. The number of nitrogens with zero attached hydrogens (tertiary/aromatic N) is 1. The molecule has 0 aliphatic carbocycles. The summed E-state index contributed by atoms with van der Waals surface area (Å²) in [4.78, 5) is 24.8. The number of carbonyl (C=O) groups is 2. The Morgan fingerprint density at radius 2 is 1.62 bits per heavy atom. The lowest BCUT2D eigenvalue weighted by Gasteiger charge is -2.30. The number of aryl methyl sites for hydroxylation is 3. The smallest absolute Gasteiger partial charge is 0.314 e. The zero-order valence-corrected chi connectivity index (χ0v) is 19.3. The average Bonchev–Trinajstić information content (AvgIpc) is 3.28. The first-order valence-electron chi connectivity index (χ1n) is 10.1. The lowest BCUT2D eigenvalue weighted by molar-refractivity contribution is -0.132. The molecule has 1 aliphatic heterocycles. The van der Waals surface area contributed by atoms with E-state index < -0.39 is 21.8 Å². The van der Waals surface area contributed by atoms with Gasteiger partial charge in [-0.05, 0) is 79.1 Å². The van der Waals surface area contributed by atoms with E-state index in [1.807, 2.05) is 19.9 Å². The Kier molecular flexibility index (Phi) is 6.03. The van der Waals surface area contributed by atoms with Crippen LogP contribution >= 0.6 is 11.3 Å². The molecule has 2 heterocycles. The van der Waals surface area contributed by atoms with Crippen LogP contribution in [-0.2, 0) is 26.0 Å². The topological polar surface area (TPSA) is 95.6 Å². The molecule has 0 spiro atoms. The maximum Gasteiger partial charge on any atom is 0.314 e. The number of nitrogens with one attached hydrogen (secondary N) is 2. The Bertz CT molecular complexity index is 1260. The second kappa shape index (κ2) is 8.76. The van der Waals surface area contributed by atoms with Crippen molar-refractivity contribution in [2.45, 2.75) is 30.9 Å². The summed E-state index contributed by atoms with van der Waals surface area (Å²) in [6.45, 7) is 4.18. The summed E-state index contributed by atoms with van der Waals surface area (Å²) in [6.07, 6.45) is 1.45. The Balaban J connectivity index is 1.54. The predicted molar refractivity (Wildman–Crippen MR) is 127 cm³/mol. The number of thiophene rings is 1. The molecule has 0 atom stereocenters.